The molecule has 4 aliphatic rings. The van der Waals surface area contributed by atoms with E-state index in [2.05, 4.69) is 41.3 Å². The minimum absolute atomic E-state index is 0.0224. The van der Waals surface area contributed by atoms with Crippen molar-refractivity contribution in [3.63, 3.8) is 0 Å². The molecule has 0 aromatic carbocycles. The van der Waals surface area contributed by atoms with Gasteiger partial charge in [-0.05, 0) is 42.4 Å². The number of hydrogen-bond donors (Lipinski definition) is 4. The Morgan fingerprint density at radius 3 is 2.91 bits per heavy atom. The summed E-state index contributed by atoms with van der Waals surface area (Å²) in [5.74, 6) is 0.514. The van der Waals surface area contributed by atoms with Gasteiger partial charge in [0.05, 0.1) is 19.3 Å². The molecule has 0 aromatic heterocycles. The van der Waals surface area contributed by atoms with Crippen LogP contribution in [0.3, 0.4) is 0 Å². The summed E-state index contributed by atoms with van der Waals surface area (Å²) >= 11 is 2.00. The van der Waals surface area contributed by atoms with E-state index in [1.807, 2.05) is 24.8 Å². The summed E-state index contributed by atoms with van der Waals surface area (Å²) in [4.78, 5) is 15.3. The summed E-state index contributed by atoms with van der Waals surface area (Å²) in [7, 11) is 0. The average Bonchev–Trinajstić information content (AvgIpc) is 3.20. The van der Waals surface area contributed by atoms with Gasteiger partial charge in [-0.25, -0.2) is 0 Å². The zero-order valence-electron chi connectivity index (χ0n) is 20.6. The summed E-state index contributed by atoms with van der Waals surface area (Å²) in [6.07, 6.45) is 4.60. The number of carbonyl (C=O) groups excluding carboxylic acids is 1. The highest BCUT2D eigenvalue weighted by Gasteiger charge is 2.58. The van der Waals surface area contributed by atoms with Gasteiger partial charge in [0.1, 0.15) is 5.50 Å². The van der Waals surface area contributed by atoms with E-state index in [9.17, 15) is 9.90 Å². The van der Waals surface area contributed by atoms with Crippen molar-refractivity contribution in [1.29, 1.82) is 0 Å². The largest absolute Gasteiger partial charge is 0.392 e. The van der Waals surface area contributed by atoms with Crippen LogP contribution in [0.25, 0.3) is 0 Å². The van der Waals surface area contributed by atoms with Gasteiger partial charge in [0.2, 0.25) is 5.91 Å². The molecule has 0 bridgehead atoms. The highest BCUT2D eigenvalue weighted by molar-refractivity contribution is 8.00. The molecular weight excluding hydrogens is 436 g/mol. The third kappa shape index (κ3) is 5.46. The molecule has 33 heavy (non-hydrogen) atoms. The number of fused-ring (bicyclic) bond motifs is 2. The Kier molecular flexibility index (Phi) is 8.45. The van der Waals surface area contributed by atoms with Gasteiger partial charge in [0.25, 0.3) is 0 Å². The normalized spacial score (nSPS) is 42.2. The molecule has 1 amide bonds. The minimum Gasteiger partial charge on any atom is -0.392 e. The zero-order valence-corrected chi connectivity index (χ0v) is 21.4. The fourth-order valence-corrected chi connectivity index (χ4v) is 8.74. The van der Waals surface area contributed by atoms with Crippen LogP contribution in [0.5, 0.6) is 0 Å². The molecule has 7 nitrogen and oxygen atoms in total. The predicted molar refractivity (Wildman–Crippen MR) is 134 cm³/mol. The Balaban J connectivity index is 1.34. The number of hydrogen-bond acceptors (Lipinski definition) is 7. The number of aliphatic hydroxyl groups is 1. The summed E-state index contributed by atoms with van der Waals surface area (Å²) < 4.78 is 5.40. The maximum atomic E-state index is 13.0. The standard InChI is InChI=1S/C25H44N4O3S/c1-5-8-27-24-28-21-17(3)20-22(30)18(6-7-25(20,4)15-19(21)33-24)16(2)23(31)26-9-10-29-11-13-32-14-12-29/h5,16-22,24,27-28,30H,1,6-15H2,2-4H3,(H,26,31)/t16-,17+,18+,19?,20+,21?,22-,24?,25+/m0/s1. The van der Waals surface area contributed by atoms with Gasteiger partial charge in [-0.1, -0.05) is 26.8 Å². The lowest BCUT2D eigenvalue weighted by Crippen LogP contribution is -2.60. The summed E-state index contributed by atoms with van der Waals surface area (Å²) in [5.41, 5.74) is 0.374. The number of rotatable bonds is 8. The highest BCUT2D eigenvalue weighted by Crippen LogP contribution is 2.58. The van der Waals surface area contributed by atoms with Crippen LogP contribution in [0.15, 0.2) is 12.7 Å². The molecule has 2 saturated carbocycles. The first-order valence-corrected chi connectivity index (χ1v) is 13.8. The van der Waals surface area contributed by atoms with Crippen molar-refractivity contribution in [2.45, 2.75) is 62.9 Å². The van der Waals surface area contributed by atoms with Crippen molar-refractivity contribution in [2.24, 2.45) is 29.1 Å². The van der Waals surface area contributed by atoms with Gasteiger partial charge in [0, 0.05) is 49.9 Å². The van der Waals surface area contributed by atoms with E-state index in [4.69, 9.17) is 4.74 Å². The number of morpholine rings is 1. The lowest BCUT2D eigenvalue weighted by Gasteiger charge is -2.57. The second-order valence-electron chi connectivity index (χ2n) is 10.9. The van der Waals surface area contributed by atoms with Crippen LogP contribution in [0.1, 0.15) is 40.0 Å². The first kappa shape index (κ1) is 25.5. The van der Waals surface area contributed by atoms with Crippen LogP contribution in [0, 0.1) is 29.1 Å². The number of aliphatic hydroxyl groups excluding tert-OH is 1. The van der Waals surface area contributed by atoms with Gasteiger partial charge < -0.3 is 15.2 Å². The Bertz CT molecular complexity index is 691. The molecule has 2 heterocycles. The van der Waals surface area contributed by atoms with E-state index >= 15 is 0 Å². The lowest BCUT2D eigenvalue weighted by atomic mass is 9.51. The summed E-state index contributed by atoms with van der Waals surface area (Å²) in [5, 5.41) is 22.6. The van der Waals surface area contributed by atoms with Crippen LogP contribution in [-0.4, -0.2) is 84.7 Å². The Labute approximate surface area is 203 Å². The molecule has 4 fully saturated rings. The van der Waals surface area contributed by atoms with Crippen LogP contribution in [0.4, 0.5) is 0 Å². The SMILES string of the molecule is C=CCNC1NC2C(C[C@@]3(C)CC[C@H]([C@H](C)C(=O)NCCN4CCOCC4)[C@H](O)[C@H]3[C@H]2C)S1. The topological polar surface area (TPSA) is 85.9 Å². The molecule has 9 atom stereocenters. The van der Waals surface area contributed by atoms with Gasteiger partial charge in [-0.15, -0.1) is 18.3 Å². The Morgan fingerprint density at radius 2 is 2.18 bits per heavy atom. The minimum atomic E-state index is -0.438. The van der Waals surface area contributed by atoms with E-state index in [0.717, 1.165) is 58.7 Å². The summed E-state index contributed by atoms with van der Waals surface area (Å²) in [6.45, 7) is 16.2. The number of carbonyl (C=O) groups is 1. The first-order valence-electron chi connectivity index (χ1n) is 12.9. The van der Waals surface area contributed by atoms with Crippen molar-refractivity contribution in [3.05, 3.63) is 12.7 Å². The van der Waals surface area contributed by atoms with E-state index in [-0.39, 0.29) is 34.6 Å². The first-order chi connectivity index (χ1) is 15.8. The molecule has 188 valence electrons. The van der Waals surface area contributed by atoms with Crippen LogP contribution in [0.2, 0.25) is 0 Å². The van der Waals surface area contributed by atoms with E-state index in [1.54, 1.807) is 0 Å². The molecule has 0 aromatic rings. The molecule has 0 spiro atoms. The Morgan fingerprint density at radius 1 is 1.42 bits per heavy atom. The predicted octanol–water partition coefficient (Wildman–Crippen LogP) is 1.64. The fourth-order valence-electron chi connectivity index (χ4n) is 6.99. The van der Waals surface area contributed by atoms with Crippen LogP contribution >= 0.6 is 11.8 Å². The maximum absolute atomic E-state index is 13.0. The molecule has 2 aliphatic carbocycles. The molecule has 4 rings (SSSR count). The van der Waals surface area contributed by atoms with Crippen LogP contribution in [-0.2, 0) is 9.53 Å². The number of nitrogens with zero attached hydrogens (tertiary/aromatic N) is 1. The molecule has 0 radical (unpaired) electrons. The third-order valence-corrected chi connectivity index (χ3v) is 10.2. The van der Waals surface area contributed by atoms with Crippen molar-refractivity contribution < 1.29 is 14.6 Å². The van der Waals surface area contributed by atoms with Crippen molar-refractivity contribution in [1.82, 2.24) is 20.9 Å². The number of ether oxygens (including phenoxy) is 1. The van der Waals surface area contributed by atoms with E-state index in [0.29, 0.717) is 23.8 Å². The van der Waals surface area contributed by atoms with Crippen LogP contribution < -0.4 is 16.0 Å². The maximum Gasteiger partial charge on any atom is 0.223 e. The third-order valence-electron chi connectivity index (χ3n) is 8.85. The number of nitrogens with one attached hydrogen (secondary N) is 3. The molecule has 2 aliphatic heterocycles. The average molecular weight is 481 g/mol. The molecule has 2 saturated heterocycles. The molecule has 3 unspecified atom stereocenters. The van der Waals surface area contributed by atoms with Gasteiger partial charge in [-0.2, -0.15) is 0 Å². The second-order valence-corrected chi connectivity index (χ2v) is 12.3. The smallest absolute Gasteiger partial charge is 0.223 e. The Hall–Kier alpha value is -0.640. The van der Waals surface area contributed by atoms with Gasteiger partial charge >= 0.3 is 0 Å². The van der Waals surface area contributed by atoms with E-state index < -0.39 is 6.10 Å². The van der Waals surface area contributed by atoms with Crippen molar-refractivity contribution in [2.75, 3.05) is 45.9 Å². The zero-order chi connectivity index (χ0) is 23.6. The van der Waals surface area contributed by atoms with Crippen molar-refractivity contribution >= 4 is 17.7 Å². The van der Waals surface area contributed by atoms with Gasteiger partial charge in [-0.3, -0.25) is 20.3 Å². The number of thioether (sulfide) groups is 1. The fraction of sp³-hybridized carbons (Fsp3) is 0.880. The number of amides is 1. The molecular formula is C25H44N4O3S. The van der Waals surface area contributed by atoms with Crippen molar-refractivity contribution in [3.8, 4) is 0 Å². The monoisotopic (exact) mass is 480 g/mol. The lowest BCUT2D eigenvalue weighted by molar-refractivity contribution is -0.141. The second kappa shape index (κ2) is 11.0. The van der Waals surface area contributed by atoms with Gasteiger partial charge in [0.15, 0.2) is 0 Å². The highest BCUT2D eigenvalue weighted by atomic mass is 32.2. The summed E-state index contributed by atoms with van der Waals surface area (Å²) in [6, 6.07) is 0.390. The van der Waals surface area contributed by atoms with E-state index in [1.165, 1.54) is 0 Å². The molecule has 4 N–H and O–H groups in total. The molecule has 8 heteroatoms. The quantitative estimate of drug-likeness (QED) is 0.393.